The van der Waals surface area contributed by atoms with Gasteiger partial charge in [-0.2, -0.15) is 0 Å². The van der Waals surface area contributed by atoms with Gasteiger partial charge in [0, 0.05) is 6.07 Å². The predicted molar refractivity (Wildman–Crippen MR) is 117 cm³/mol. The number of aromatic nitrogens is 3. The highest BCUT2D eigenvalue weighted by atomic mass is 19.1. The van der Waals surface area contributed by atoms with Crippen molar-refractivity contribution in [1.82, 2.24) is 19.9 Å². The molecule has 34 heavy (non-hydrogen) atoms. The molecule has 1 amide bonds. The van der Waals surface area contributed by atoms with Gasteiger partial charge in [-0.15, -0.1) is 0 Å². The van der Waals surface area contributed by atoms with Crippen LogP contribution in [0.3, 0.4) is 0 Å². The van der Waals surface area contributed by atoms with Gasteiger partial charge in [0.25, 0.3) is 5.56 Å². The van der Waals surface area contributed by atoms with Crippen LogP contribution in [-0.2, 0) is 4.79 Å². The number of amides is 1. The van der Waals surface area contributed by atoms with Gasteiger partial charge < -0.3 is 10.3 Å². The Kier molecular flexibility index (Phi) is 5.53. The van der Waals surface area contributed by atoms with Crippen LogP contribution in [0.1, 0.15) is 50.4 Å². The van der Waals surface area contributed by atoms with E-state index in [1.54, 1.807) is 0 Å². The van der Waals surface area contributed by atoms with Gasteiger partial charge in [0.2, 0.25) is 5.91 Å². The molecule has 2 bridgehead atoms. The maximum Gasteiger partial charge on any atom is 0.329 e. The average molecular weight is 472 g/mol. The minimum absolute atomic E-state index is 0.0487. The summed E-state index contributed by atoms with van der Waals surface area (Å²) in [5.74, 6) is -1.89. The first kappa shape index (κ1) is 22.4. The van der Waals surface area contributed by atoms with Crippen LogP contribution in [0.15, 0.2) is 40.1 Å². The largest absolute Gasteiger partial charge is 0.346 e. The van der Waals surface area contributed by atoms with E-state index >= 15 is 0 Å². The van der Waals surface area contributed by atoms with Crippen molar-refractivity contribution in [2.24, 2.45) is 17.8 Å². The highest BCUT2D eigenvalue weighted by Crippen LogP contribution is 2.54. The molecule has 3 aliphatic rings. The summed E-state index contributed by atoms with van der Waals surface area (Å²) < 4.78 is 42.1. The molecule has 178 valence electrons. The van der Waals surface area contributed by atoms with Crippen LogP contribution < -0.4 is 16.6 Å². The fraction of sp³-hybridized carbons (Fsp3) is 0.417. The molecule has 0 spiro atoms. The van der Waals surface area contributed by atoms with E-state index in [-0.39, 0.29) is 28.9 Å². The molecule has 0 radical (unpaired) electrons. The number of carbonyl (C=O) groups is 1. The Hall–Kier alpha value is -3.43. The zero-order valence-electron chi connectivity index (χ0n) is 18.4. The Morgan fingerprint density at radius 3 is 2.62 bits per heavy atom. The molecule has 0 aliphatic heterocycles. The fourth-order valence-electron chi connectivity index (χ4n) is 5.50. The summed E-state index contributed by atoms with van der Waals surface area (Å²) in [5, 5.41) is 2.57. The first-order valence-electron chi connectivity index (χ1n) is 11.3. The van der Waals surface area contributed by atoms with E-state index in [1.807, 2.05) is 0 Å². The number of nitrogens with one attached hydrogen (secondary N) is 2. The summed E-state index contributed by atoms with van der Waals surface area (Å²) in [7, 11) is 0. The predicted octanol–water partition coefficient (Wildman–Crippen LogP) is 3.36. The maximum absolute atomic E-state index is 14.2. The van der Waals surface area contributed by atoms with Crippen molar-refractivity contribution in [3.8, 4) is 0 Å². The van der Waals surface area contributed by atoms with Gasteiger partial charge in [0.05, 0.1) is 28.8 Å². The average Bonchev–Trinajstić information content (AvgIpc) is 3.33. The van der Waals surface area contributed by atoms with Crippen molar-refractivity contribution in [2.75, 3.05) is 0 Å². The minimum Gasteiger partial charge on any atom is -0.346 e. The molecule has 2 aromatic heterocycles. The number of rotatable bonds is 6. The standard InChI is InChI=1S/C24H23F3N4O3/c1-11(21-18(27)9-16(26)10-28-21)29-22(32)20(7-14-6-12-4-13(14)5-12)31-23(33)17-8-15(25)2-3-19(17)30-24(31)34/h2-3,8-14,20H,4-7H2,1H3,(H,29,32)(H,30,34)/t11-,12?,13?,14?,20+/m0/s1. The van der Waals surface area contributed by atoms with E-state index < -0.39 is 46.7 Å². The van der Waals surface area contributed by atoms with E-state index in [2.05, 4.69) is 15.3 Å². The van der Waals surface area contributed by atoms with Crippen LogP contribution in [0.5, 0.6) is 0 Å². The third kappa shape index (κ3) is 3.91. The van der Waals surface area contributed by atoms with Crippen molar-refractivity contribution in [1.29, 1.82) is 0 Å². The quantitative estimate of drug-likeness (QED) is 0.575. The third-order valence-corrected chi connectivity index (χ3v) is 7.21. The van der Waals surface area contributed by atoms with Gasteiger partial charge >= 0.3 is 5.69 Å². The summed E-state index contributed by atoms with van der Waals surface area (Å²) in [4.78, 5) is 45.8. The van der Waals surface area contributed by atoms with Crippen LogP contribution in [0.4, 0.5) is 13.2 Å². The van der Waals surface area contributed by atoms with Crippen molar-refractivity contribution in [3.63, 3.8) is 0 Å². The van der Waals surface area contributed by atoms with Gasteiger partial charge in [-0.3, -0.25) is 14.6 Å². The number of nitrogens with zero attached hydrogens (tertiary/aromatic N) is 2. The molecule has 1 aromatic carbocycles. The first-order chi connectivity index (χ1) is 16.2. The molecule has 3 aliphatic carbocycles. The minimum atomic E-state index is -1.18. The van der Waals surface area contributed by atoms with Crippen LogP contribution >= 0.6 is 0 Å². The molecule has 10 heteroatoms. The monoisotopic (exact) mass is 472 g/mol. The van der Waals surface area contributed by atoms with E-state index in [1.165, 1.54) is 13.0 Å². The Labute approximate surface area is 192 Å². The molecule has 3 atom stereocenters. The van der Waals surface area contributed by atoms with Gasteiger partial charge in [0.15, 0.2) is 0 Å². The number of hydrogen-bond donors (Lipinski definition) is 2. The lowest BCUT2D eigenvalue weighted by molar-refractivity contribution is -0.125. The van der Waals surface area contributed by atoms with E-state index in [0.717, 1.165) is 42.2 Å². The molecule has 2 N–H and O–H groups in total. The number of aromatic amines is 1. The number of hydrogen-bond acceptors (Lipinski definition) is 4. The molecule has 2 heterocycles. The molecule has 3 aromatic rings. The summed E-state index contributed by atoms with van der Waals surface area (Å²) in [6, 6.07) is 1.99. The topological polar surface area (TPSA) is 96.9 Å². The maximum atomic E-state index is 14.2. The molecular weight excluding hydrogens is 449 g/mol. The zero-order chi connectivity index (χ0) is 24.1. The first-order valence-corrected chi connectivity index (χ1v) is 11.3. The highest BCUT2D eigenvalue weighted by Gasteiger charge is 2.46. The second-order valence-corrected chi connectivity index (χ2v) is 9.39. The highest BCUT2D eigenvalue weighted by molar-refractivity contribution is 5.82. The normalized spacial score (nSPS) is 22.9. The zero-order valence-corrected chi connectivity index (χ0v) is 18.4. The van der Waals surface area contributed by atoms with Crippen molar-refractivity contribution in [2.45, 2.75) is 44.7 Å². The molecule has 3 fully saturated rings. The Balaban J connectivity index is 1.52. The third-order valence-electron chi connectivity index (χ3n) is 7.21. The van der Waals surface area contributed by atoms with E-state index in [4.69, 9.17) is 0 Å². The number of H-pyrrole nitrogens is 1. The van der Waals surface area contributed by atoms with Gasteiger partial charge in [0.1, 0.15) is 23.5 Å². The lowest BCUT2D eigenvalue weighted by Gasteiger charge is -2.27. The van der Waals surface area contributed by atoms with Crippen LogP contribution in [0.25, 0.3) is 10.9 Å². The van der Waals surface area contributed by atoms with E-state index in [9.17, 15) is 27.6 Å². The fourth-order valence-corrected chi connectivity index (χ4v) is 5.50. The van der Waals surface area contributed by atoms with Gasteiger partial charge in [-0.05, 0) is 68.6 Å². The second kappa shape index (κ2) is 8.41. The van der Waals surface area contributed by atoms with E-state index in [0.29, 0.717) is 17.9 Å². The molecular formula is C24H23F3N4O3. The van der Waals surface area contributed by atoms with Crippen LogP contribution in [0.2, 0.25) is 0 Å². The van der Waals surface area contributed by atoms with Gasteiger partial charge in [-0.1, -0.05) is 0 Å². The molecule has 0 saturated heterocycles. The number of carbonyl (C=O) groups excluding carboxylic acids is 1. The molecule has 7 nitrogen and oxygen atoms in total. The van der Waals surface area contributed by atoms with Crippen molar-refractivity contribution < 1.29 is 18.0 Å². The number of halogens is 3. The Morgan fingerprint density at radius 2 is 1.94 bits per heavy atom. The number of fused-ring (bicyclic) bond motifs is 2. The van der Waals surface area contributed by atoms with Crippen LogP contribution in [0, 0.1) is 35.2 Å². The molecule has 6 rings (SSSR count). The summed E-state index contributed by atoms with van der Waals surface area (Å²) in [6.45, 7) is 1.48. The molecule has 3 saturated carbocycles. The van der Waals surface area contributed by atoms with Crippen molar-refractivity contribution >= 4 is 16.8 Å². The molecule has 1 unspecified atom stereocenters. The number of benzene rings is 1. The summed E-state index contributed by atoms with van der Waals surface area (Å²) in [5.41, 5.74) is -1.56. The SMILES string of the molecule is C[C@H](NC(=O)[C@@H](CC1CC2CC1C2)n1c(=O)[nH]c2ccc(F)cc2c1=O)c1ncc(F)cc1F. The Morgan fingerprint density at radius 1 is 1.18 bits per heavy atom. The lowest BCUT2D eigenvalue weighted by atomic mass is 9.81. The lowest BCUT2D eigenvalue weighted by Crippen LogP contribution is -2.46. The smallest absolute Gasteiger partial charge is 0.329 e. The number of pyridine rings is 1. The van der Waals surface area contributed by atoms with Gasteiger partial charge in [-0.25, -0.2) is 22.5 Å². The second-order valence-electron chi connectivity index (χ2n) is 9.39. The Bertz CT molecular complexity index is 1400. The summed E-state index contributed by atoms with van der Waals surface area (Å²) in [6.07, 6.45) is 4.13. The summed E-state index contributed by atoms with van der Waals surface area (Å²) >= 11 is 0. The van der Waals surface area contributed by atoms with Crippen molar-refractivity contribution in [3.05, 3.63) is 74.4 Å². The van der Waals surface area contributed by atoms with Crippen LogP contribution in [-0.4, -0.2) is 20.4 Å².